The Bertz CT molecular complexity index is 769. The first-order valence-electron chi connectivity index (χ1n) is 9.44. The molecule has 0 radical (unpaired) electrons. The number of hydrogen-bond donors (Lipinski definition) is 2. The van der Waals surface area contributed by atoms with E-state index < -0.39 is 6.10 Å². The number of aliphatic hydroxyl groups is 1. The molecule has 0 amide bonds. The molecule has 0 bridgehead atoms. The van der Waals surface area contributed by atoms with Gasteiger partial charge < -0.3 is 20.3 Å². The molecule has 1 aromatic carbocycles. The lowest BCUT2D eigenvalue weighted by molar-refractivity contribution is 0.0943. The van der Waals surface area contributed by atoms with Gasteiger partial charge in [0.25, 0.3) is 0 Å². The quantitative estimate of drug-likeness (QED) is 0.835. The molecule has 148 valence electrons. The molecular weight excluding hydrogens is 344 g/mol. The van der Waals surface area contributed by atoms with E-state index in [4.69, 9.17) is 25.3 Å². The van der Waals surface area contributed by atoms with Crippen LogP contribution < -0.4 is 15.2 Å². The molecule has 27 heavy (non-hydrogen) atoms. The van der Waals surface area contributed by atoms with Crippen LogP contribution in [-0.2, 0) is 12.1 Å². The molecule has 2 aromatic rings. The monoisotopic (exact) mass is 374 g/mol. The summed E-state index contributed by atoms with van der Waals surface area (Å²) in [5, 5.41) is 14.9. The van der Waals surface area contributed by atoms with Crippen molar-refractivity contribution in [2.24, 2.45) is 5.73 Å². The topological polar surface area (TPSA) is 95.4 Å². The zero-order chi connectivity index (χ0) is 19.6. The number of aromatic nitrogens is 3. The predicted molar refractivity (Wildman–Crippen MR) is 103 cm³/mol. The number of aliphatic hydroxyl groups excluding tert-OH is 1. The van der Waals surface area contributed by atoms with Crippen LogP contribution in [-0.4, -0.2) is 39.1 Å². The summed E-state index contributed by atoms with van der Waals surface area (Å²) < 4.78 is 13.0. The molecule has 0 unspecified atom stereocenters. The van der Waals surface area contributed by atoms with Crippen molar-refractivity contribution in [2.75, 3.05) is 7.11 Å². The van der Waals surface area contributed by atoms with Gasteiger partial charge in [-0.3, -0.25) is 0 Å². The summed E-state index contributed by atoms with van der Waals surface area (Å²) in [7, 11) is 1.63. The van der Waals surface area contributed by atoms with Crippen molar-refractivity contribution in [1.29, 1.82) is 0 Å². The summed E-state index contributed by atoms with van der Waals surface area (Å²) >= 11 is 0. The van der Waals surface area contributed by atoms with Crippen LogP contribution in [0.1, 0.15) is 57.6 Å². The van der Waals surface area contributed by atoms with E-state index in [9.17, 15) is 5.11 Å². The van der Waals surface area contributed by atoms with Gasteiger partial charge in [0.1, 0.15) is 23.9 Å². The van der Waals surface area contributed by atoms with Gasteiger partial charge in [0.15, 0.2) is 5.82 Å². The third-order valence-electron chi connectivity index (χ3n) is 4.95. The largest absolute Gasteiger partial charge is 0.497 e. The summed E-state index contributed by atoms with van der Waals surface area (Å²) in [5.74, 6) is 3.14. The second kappa shape index (κ2) is 7.86. The fourth-order valence-corrected chi connectivity index (χ4v) is 3.43. The Morgan fingerprint density at radius 1 is 1.26 bits per heavy atom. The van der Waals surface area contributed by atoms with Crippen LogP contribution in [0.2, 0.25) is 0 Å². The van der Waals surface area contributed by atoms with Crippen molar-refractivity contribution in [1.82, 2.24) is 14.8 Å². The normalized spacial score (nSPS) is 23.3. The van der Waals surface area contributed by atoms with Crippen LogP contribution in [0, 0.1) is 0 Å². The summed E-state index contributed by atoms with van der Waals surface area (Å²) in [6.07, 6.45) is 1.82. The van der Waals surface area contributed by atoms with Crippen molar-refractivity contribution >= 4 is 0 Å². The summed E-state index contributed by atoms with van der Waals surface area (Å²) in [6.45, 7) is 6.58. The molecule has 1 saturated carbocycles. The van der Waals surface area contributed by atoms with Crippen LogP contribution in [0.15, 0.2) is 24.3 Å². The molecule has 1 aliphatic carbocycles. The fourth-order valence-electron chi connectivity index (χ4n) is 3.43. The van der Waals surface area contributed by atoms with Crippen LogP contribution in [0.4, 0.5) is 0 Å². The number of nitrogens with two attached hydrogens (primary N) is 1. The van der Waals surface area contributed by atoms with Gasteiger partial charge in [-0.1, -0.05) is 6.07 Å². The molecule has 1 aromatic heterocycles. The van der Waals surface area contributed by atoms with Gasteiger partial charge in [-0.25, -0.2) is 9.67 Å². The third kappa shape index (κ3) is 4.59. The van der Waals surface area contributed by atoms with Gasteiger partial charge in [-0.05, 0) is 52.2 Å². The molecule has 3 N–H and O–H groups in total. The maximum atomic E-state index is 10.2. The Kier molecular flexibility index (Phi) is 5.72. The molecule has 0 saturated heterocycles. The van der Waals surface area contributed by atoms with Crippen LogP contribution in [0.5, 0.6) is 11.5 Å². The Morgan fingerprint density at radius 3 is 2.67 bits per heavy atom. The summed E-state index contributed by atoms with van der Waals surface area (Å²) in [4.78, 5) is 4.76. The van der Waals surface area contributed by atoms with Gasteiger partial charge in [-0.15, -0.1) is 0 Å². The first-order chi connectivity index (χ1) is 12.8. The van der Waals surface area contributed by atoms with E-state index in [1.165, 1.54) is 0 Å². The third-order valence-corrected chi connectivity index (χ3v) is 4.95. The lowest BCUT2D eigenvalue weighted by atomic mass is 9.83. The first-order valence-corrected chi connectivity index (χ1v) is 9.44. The number of ether oxygens (including phenoxy) is 2. The van der Waals surface area contributed by atoms with Gasteiger partial charge >= 0.3 is 0 Å². The second-order valence-electron chi connectivity index (χ2n) is 8.18. The van der Waals surface area contributed by atoms with E-state index in [-0.39, 0.29) is 24.1 Å². The van der Waals surface area contributed by atoms with Crippen LogP contribution >= 0.6 is 0 Å². The molecule has 0 aliphatic heterocycles. The average molecular weight is 374 g/mol. The highest BCUT2D eigenvalue weighted by Crippen LogP contribution is 2.33. The van der Waals surface area contributed by atoms with Crippen LogP contribution in [0.25, 0.3) is 0 Å². The number of hydrogen-bond acceptors (Lipinski definition) is 6. The van der Waals surface area contributed by atoms with E-state index in [0.717, 1.165) is 24.4 Å². The van der Waals surface area contributed by atoms with E-state index in [2.05, 4.69) is 20.8 Å². The zero-order valence-electron chi connectivity index (χ0n) is 16.6. The molecule has 3 rings (SSSR count). The SMILES string of the molecule is COc1cccc(OCc2nc([C@H]3CC[C@@H](N)[C@H](O)C3)n(C(C)(C)C)n2)c1. The van der Waals surface area contributed by atoms with Crippen molar-refractivity contribution in [3.63, 3.8) is 0 Å². The standard InChI is InChI=1S/C20H30N4O3/c1-20(2,3)24-19(13-8-9-16(21)17(25)10-13)22-18(23-24)12-27-15-7-5-6-14(11-15)26-4/h5-7,11,13,16-17,25H,8-10,12,21H2,1-4H3/t13-,16+,17+/m0/s1. The fraction of sp³-hybridized carbons (Fsp3) is 0.600. The van der Waals surface area contributed by atoms with E-state index >= 15 is 0 Å². The zero-order valence-corrected chi connectivity index (χ0v) is 16.6. The number of methoxy groups -OCH3 is 1. The minimum absolute atomic E-state index is 0.150. The Balaban J connectivity index is 1.79. The van der Waals surface area contributed by atoms with Crippen molar-refractivity contribution < 1.29 is 14.6 Å². The van der Waals surface area contributed by atoms with Crippen molar-refractivity contribution in [3.8, 4) is 11.5 Å². The smallest absolute Gasteiger partial charge is 0.188 e. The second-order valence-corrected chi connectivity index (χ2v) is 8.18. The highest BCUT2D eigenvalue weighted by atomic mass is 16.5. The number of rotatable bonds is 5. The Labute approximate surface area is 160 Å². The van der Waals surface area contributed by atoms with Gasteiger partial charge in [0.2, 0.25) is 0 Å². The minimum Gasteiger partial charge on any atom is -0.497 e. The summed E-state index contributed by atoms with van der Waals surface area (Å²) in [5.41, 5.74) is 5.75. The minimum atomic E-state index is -0.495. The molecule has 0 spiro atoms. The molecule has 1 fully saturated rings. The predicted octanol–water partition coefficient (Wildman–Crippen LogP) is 2.58. The van der Waals surface area contributed by atoms with Gasteiger partial charge in [0, 0.05) is 18.0 Å². The first kappa shape index (κ1) is 19.6. The summed E-state index contributed by atoms with van der Waals surface area (Å²) in [6, 6.07) is 7.32. The van der Waals surface area contributed by atoms with E-state index in [1.807, 2.05) is 28.9 Å². The number of nitrogens with zero attached hydrogens (tertiary/aromatic N) is 3. The number of benzene rings is 1. The van der Waals surface area contributed by atoms with Gasteiger partial charge in [0.05, 0.1) is 18.8 Å². The molecular formula is C20H30N4O3. The van der Waals surface area contributed by atoms with Crippen molar-refractivity contribution in [3.05, 3.63) is 35.9 Å². The highest BCUT2D eigenvalue weighted by molar-refractivity contribution is 5.32. The molecule has 7 nitrogen and oxygen atoms in total. The highest BCUT2D eigenvalue weighted by Gasteiger charge is 2.33. The molecule has 7 heteroatoms. The Morgan fingerprint density at radius 2 is 2.00 bits per heavy atom. The lowest BCUT2D eigenvalue weighted by Crippen LogP contribution is -2.40. The maximum Gasteiger partial charge on any atom is 0.188 e. The Hall–Kier alpha value is -2.12. The molecule has 3 atom stereocenters. The van der Waals surface area contributed by atoms with Crippen LogP contribution in [0.3, 0.4) is 0 Å². The van der Waals surface area contributed by atoms with E-state index in [1.54, 1.807) is 7.11 Å². The molecule has 1 heterocycles. The average Bonchev–Trinajstić information content (AvgIpc) is 3.07. The van der Waals surface area contributed by atoms with E-state index in [0.29, 0.717) is 18.0 Å². The molecule has 1 aliphatic rings. The maximum absolute atomic E-state index is 10.2. The lowest BCUT2D eigenvalue weighted by Gasteiger charge is -2.32. The van der Waals surface area contributed by atoms with Crippen molar-refractivity contribution in [2.45, 2.75) is 70.2 Å². The van der Waals surface area contributed by atoms with Gasteiger partial charge in [-0.2, -0.15) is 5.10 Å².